The van der Waals surface area contributed by atoms with Crippen molar-refractivity contribution < 1.29 is 31.8 Å². The van der Waals surface area contributed by atoms with E-state index in [4.69, 9.17) is 19.5 Å². The van der Waals surface area contributed by atoms with E-state index >= 15 is 0 Å². The van der Waals surface area contributed by atoms with Gasteiger partial charge in [-0.25, -0.2) is 0 Å². The second-order valence-electron chi connectivity index (χ2n) is 12.4. The number of rotatable bonds is 2. The normalized spacial score (nSPS) is 17.8. The lowest BCUT2D eigenvalue weighted by atomic mass is 9.86. The molecule has 0 N–H and O–H groups in total. The summed E-state index contributed by atoms with van der Waals surface area (Å²) in [6.07, 6.45) is 0. The molecule has 234 valence electrons. The van der Waals surface area contributed by atoms with Crippen molar-refractivity contribution in [3.8, 4) is 22.3 Å². The van der Waals surface area contributed by atoms with E-state index in [2.05, 4.69) is 0 Å². The maximum absolute atomic E-state index is 9.70. The van der Waals surface area contributed by atoms with E-state index in [-0.39, 0.29) is 103 Å². The fraction of sp³-hybridized carbons (Fsp3) is 0. The highest BCUT2D eigenvalue weighted by atomic mass is 16.3. The average molecular weight is 665 g/mol. The Morgan fingerprint density at radius 3 is 1.92 bits per heavy atom. The second-order valence-corrected chi connectivity index (χ2v) is 12.4. The molecule has 1 aromatic heterocycles. The molecule has 12 aromatic rings. The van der Waals surface area contributed by atoms with Gasteiger partial charge in [0.25, 0.3) is 0 Å². The fourth-order valence-electron chi connectivity index (χ4n) is 7.61. The van der Waals surface area contributed by atoms with Crippen LogP contribution in [0.25, 0.3) is 120 Å². The molecule has 0 saturated heterocycles. The molecule has 0 amide bonds. The number of hydrogen-bond donors (Lipinski definition) is 0. The zero-order chi connectivity index (χ0) is 50.6. The Morgan fingerprint density at radius 2 is 1.02 bits per heavy atom. The molecule has 0 unspecified atom stereocenters. The van der Waals surface area contributed by atoms with Crippen LogP contribution in [-0.4, -0.2) is 0 Å². The first-order valence-electron chi connectivity index (χ1n) is 26.1. The molecule has 11 aromatic carbocycles. The Morgan fingerprint density at radius 1 is 0.333 bits per heavy atom. The summed E-state index contributed by atoms with van der Waals surface area (Å²) in [4.78, 5) is 0. The third kappa shape index (κ3) is 3.65. The molecule has 0 atom stereocenters. The largest absolute Gasteiger partial charge is 0.455 e. The quantitative estimate of drug-likeness (QED) is 0.132. The Balaban J connectivity index is 1.37. The first-order chi connectivity index (χ1) is 33.6. The Hall–Kier alpha value is -6.70. The highest BCUT2D eigenvalue weighted by Gasteiger charge is 2.23. The lowest BCUT2D eigenvalue weighted by Gasteiger charge is -2.17. The Bertz CT molecular complexity index is 4550. The minimum absolute atomic E-state index is 0.0210. The summed E-state index contributed by atoms with van der Waals surface area (Å²) in [7, 11) is 0. The topological polar surface area (TPSA) is 13.1 Å². The van der Waals surface area contributed by atoms with Crippen molar-refractivity contribution in [3.05, 3.63) is 169 Å². The summed E-state index contributed by atoms with van der Waals surface area (Å²) in [5.74, 6) is 0. The zero-order valence-corrected chi connectivity index (χ0v) is 26.0. The van der Waals surface area contributed by atoms with Gasteiger partial charge in [-0.1, -0.05) is 151 Å². The number of benzene rings is 11. The molecule has 12 rings (SSSR count). The molecule has 1 nitrogen and oxygen atoms in total. The van der Waals surface area contributed by atoms with Crippen molar-refractivity contribution in [1.82, 2.24) is 0 Å². The van der Waals surface area contributed by atoms with Crippen LogP contribution in [0.15, 0.2) is 174 Å². The van der Waals surface area contributed by atoms with Crippen LogP contribution >= 0.6 is 0 Å². The molecular weight excluding hydrogens is 617 g/mol. The molecule has 0 saturated carbocycles. The molecule has 1 heterocycles. The van der Waals surface area contributed by atoms with Crippen LogP contribution in [0.3, 0.4) is 0 Å². The van der Waals surface area contributed by atoms with Gasteiger partial charge in [-0.2, -0.15) is 0 Å². The molecule has 0 aliphatic carbocycles. The van der Waals surface area contributed by atoms with E-state index in [1.54, 1.807) is 24.3 Å². The second kappa shape index (κ2) is 9.94. The van der Waals surface area contributed by atoms with Crippen molar-refractivity contribution in [3.63, 3.8) is 0 Å². The predicted octanol–water partition coefficient (Wildman–Crippen LogP) is 14.4. The van der Waals surface area contributed by atoms with Gasteiger partial charge in [0.15, 0.2) is 0 Å². The Kier molecular flexibility index (Phi) is 2.85. The maximum Gasteiger partial charge on any atom is 0.143 e. The highest BCUT2D eigenvalue weighted by molar-refractivity contribution is 6.30. The molecule has 51 heavy (non-hydrogen) atoms. The Labute approximate surface area is 321 Å². The minimum atomic E-state index is -0.711. The van der Waals surface area contributed by atoms with Gasteiger partial charge >= 0.3 is 0 Å². The van der Waals surface area contributed by atoms with Crippen LogP contribution in [-0.2, 0) is 0 Å². The summed E-state index contributed by atoms with van der Waals surface area (Å²) < 4.78 is 189. The molecule has 0 spiro atoms. The fourth-order valence-corrected chi connectivity index (χ4v) is 7.61. The summed E-state index contributed by atoms with van der Waals surface area (Å²) in [5, 5.41) is -0.940. The minimum Gasteiger partial charge on any atom is -0.455 e. The summed E-state index contributed by atoms with van der Waals surface area (Å²) in [6.45, 7) is 0. The van der Waals surface area contributed by atoms with Gasteiger partial charge in [-0.15, -0.1) is 0 Å². The van der Waals surface area contributed by atoms with Crippen molar-refractivity contribution in [2.45, 2.75) is 0 Å². The van der Waals surface area contributed by atoms with Gasteiger partial charge in [-0.3, -0.25) is 0 Å². The van der Waals surface area contributed by atoms with Crippen LogP contribution in [0.4, 0.5) is 0 Å². The third-order valence-corrected chi connectivity index (χ3v) is 9.80. The molecular formula is C50H28O. The van der Waals surface area contributed by atoms with E-state index in [0.29, 0.717) is 10.8 Å². The summed E-state index contributed by atoms with van der Waals surface area (Å²) in [6, 6.07) is 1.38. The van der Waals surface area contributed by atoms with Crippen molar-refractivity contribution in [2.75, 3.05) is 0 Å². The first-order valence-corrected chi connectivity index (χ1v) is 16.1. The molecule has 0 aliphatic rings. The lowest BCUT2D eigenvalue weighted by molar-refractivity contribution is 0.674. The van der Waals surface area contributed by atoms with Crippen molar-refractivity contribution in [2.24, 2.45) is 0 Å². The van der Waals surface area contributed by atoms with Crippen LogP contribution in [0.1, 0.15) is 27.4 Å². The van der Waals surface area contributed by atoms with Crippen LogP contribution in [0.5, 0.6) is 0 Å². The number of fused-ring (bicyclic) bond motifs is 9. The zero-order valence-electron chi connectivity index (χ0n) is 46.0. The summed E-state index contributed by atoms with van der Waals surface area (Å²) >= 11 is 0. The van der Waals surface area contributed by atoms with E-state index in [0.717, 1.165) is 5.39 Å². The maximum atomic E-state index is 9.70. The predicted molar refractivity (Wildman–Crippen MR) is 218 cm³/mol. The summed E-state index contributed by atoms with van der Waals surface area (Å²) in [5.41, 5.74) is 0.0952. The molecule has 1 heteroatoms. The van der Waals surface area contributed by atoms with Crippen molar-refractivity contribution >= 4 is 97.3 Å². The molecule has 0 fully saturated rings. The van der Waals surface area contributed by atoms with Gasteiger partial charge in [-0.05, 0) is 99.3 Å². The molecule has 0 radical (unpaired) electrons. The molecule has 0 aliphatic heterocycles. The van der Waals surface area contributed by atoms with Crippen LogP contribution in [0.2, 0.25) is 0 Å². The number of furan rings is 1. The van der Waals surface area contributed by atoms with E-state index in [1.165, 1.54) is 12.1 Å². The van der Waals surface area contributed by atoms with E-state index in [1.807, 2.05) is 12.1 Å². The van der Waals surface area contributed by atoms with Gasteiger partial charge < -0.3 is 4.42 Å². The molecule has 0 bridgehead atoms. The standard InChI is InChI=1S/C50H28O/c1-4-13-35-29(8-1)18-23-41-44(35)28-34-10-3-5-14-36(34)47(41)42-27-26-40(48-43-25-19-30-9-2-6-15-37(30)49(43)51-50(42)48)38-22-20-33-17-16-31-11-7-12-32-21-24-39(38)46(33)45(31)32/h1-28H/i1D,3D,4D,5D,7D,8D,10D,11D,12D,13D,14D,16D,17D,18D,20D,21D,22D,23D,24D,28D. The van der Waals surface area contributed by atoms with Crippen molar-refractivity contribution in [1.29, 1.82) is 0 Å². The van der Waals surface area contributed by atoms with Crippen LogP contribution < -0.4 is 0 Å². The smallest absolute Gasteiger partial charge is 0.143 e. The third-order valence-electron chi connectivity index (χ3n) is 9.80. The SMILES string of the molecule is [2H]c1c([2H])c([2H])c2c([2H])c3c(c([2H])c([2H])c4c([2H])c([2H])c([2H])c([2H])c43)c(-c3ccc(-c4c([2H])c([2H])c5c([2H])c([2H])c6c([2H])c([2H])c([2H])c7c([2H])c([2H])c4c5c67)c4c3oc3c5ccccc5ccc34)c2c1[2H]. The van der Waals surface area contributed by atoms with Gasteiger partial charge in [0, 0.05) is 27.3 Å². The lowest BCUT2D eigenvalue weighted by Crippen LogP contribution is -1.90. The van der Waals surface area contributed by atoms with E-state index < -0.39 is 121 Å². The first kappa shape index (κ1) is 14.6. The van der Waals surface area contributed by atoms with Gasteiger partial charge in [0.1, 0.15) is 11.2 Å². The highest BCUT2D eigenvalue weighted by Crippen LogP contribution is 2.49. The van der Waals surface area contributed by atoms with E-state index in [9.17, 15) is 12.3 Å². The van der Waals surface area contributed by atoms with Crippen LogP contribution in [0, 0.1) is 0 Å². The van der Waals surface area contributed by atoms with Gasteiger partial charge in [0.05, 0.1) is 27.4 Å². The number of hydrogen-bond acceptors (Lipinski definition) is 1. The average Bonchev–Trinajstić information content (AvgIpc) is 3.76. The monoisotopic (exact) mass is 664 g/mol. The van der Waals surface area contributed by atoms with Gasteiger partial charge in [0.2, 0.25) is 0 Å².